The quantitative estimate of drug-likeness (QED) is 0.796. The Morgan fingerprint density at radius 2 is 1.95 bits per heavy atom. The number of nitrogens with one attached hydrogen (secondary N) is 1. The molecule has 0 amide bonds. The van der Waals surface area contributed by atoms with Crippen LogP contribution in [0.1, 0.15) is 18.4 Å². The fraction of sp³-hybridized carbons (Fsp3) is 0.600. The molecule has 0 aliphatic carbocycles. The third-order valence-corrected chi connectivity index (χ3v) is 3.10. The van der Waals surface area contributed by atoms with E-state index in [9.17, 15) is 0 Å². The maximum Gasteiger partial charge on any atom is 0.161 e. The Bertz CT molecular complexity index is 394. The molecule has 0 atom stereocenters. The predicted molar refractivity (Wildman–Crippen MR) is 76.9 cm³/mol. The van der Waals surface area contributed by atoms with E-state index in [1.807, 2.05) is 6.07 Å². The molecule has 0 unspecified atom stereocenters. The average molecular weight is 264 g/mol. The van der Waals surface area contributed by atoms with Crippen molar-refractivity contribution in [2.45, 2.75) is 19.4 Å². The van der Waals surface area contributed by atoms with Gasteiger partial charge in [0.15, 0.2) is 11.5 Å². The van der Waals surface area contributed by atoms with Gasteiger partial charge in [0.05, 0.1) is 13.2 Å². The highest BCUT2D eigenvalue weighted by molar-refractivity contribution is 5.43. The Morgan fingerprint density at radius 1 is 1.16 bits per heavy atom. The minimum Gasteiger partial charge on any atom is -0.490 e. The lowest BCUT2D eigenvalue weighted by Gasteiger charge is -2.11. The van der Waals surface area contributed by atoms with Crippen LogP contribution in [0.25, 0.3) is 0 Å². The zero-order chi connectivity index (χ0) is 13.5. The van der Waals surface area contributed by atoms with Crippen LogP contribution >= 0.6 is 0 Å². The molecule has 4 nitrogen and oxygen atoms in total. The third-order valence-electron chi connectivity index (χ3n) is 3.10. The van der Waals surface area contributed by atoms with Crippen molar-refractivity contribution in [3.05, 3.63) is 23.8 Å². The maximum atomic E-state index is 5.69. The van der Waals surface area contributed by atoms with Crippen LogP contribution in [0.4, 0.5) is 0 Å². The summed E-state index contributed by atoms with van der Waals surface area (Å²) in [6, 6.07) is 6.20. The van der Waals surface area contributed by atoms with E-state index in [2.05, 4.69) is 36.4 Å². The monoisotopic (exact) mass is 264 g/mol. The van der Waals surface area contributed by atoms with Crippen molar-refractivity contribution < 1.29 is 9.47 Å². The largest absolute Gasteiger partial charge is 0.490 e. The highest BCUT2D eigenvalue weighted by Crippen LogP contribution is 2.30. The first kappa shape index (κ1) is 14.2. The lowest BCUT2D eigenvalue weighted by Crippen LogP contribution is -2.21. The summed E-state index contributed by atoms with van der Waals surface area (Å²) in [5.41, 5.74) is 1.24. The molecule has 0 radical (unpaired) electrons. The molecular formula is C15H24N2O2. The average Bonchev–Trinajstić information content (AvgIpc) is 2.62. The number of fused-ring (bicyclic) bond motifs is 1. The van der Waals surface area contributed by atoms with E-state index in [1.165, 1.54) is 5.56 Å². The van der Waals surface area contributed by atoms with Gasteiger partial charge in [-0.15, -0.1) is 0 Å². The Morgan fingerprint density at radius 3 is 2.74 bits per heavy atom. The molecule has 0 aromatic heterocycles. The van der Waals surface area contributed by atoms with Crippen molar-refractivity contribution in [1.29, 1.82) is 0 Å². The summed E-state index contributed by atoms with van der Waals surface area (Å²) in [6.45, 7) is 4.52. The van der Waals surface area contributed by atoms with Gasteiger partial charge in [0.1, 0.15) is 0 Å². The summed E-state index contributed by atoms with van der Waals surface area (Å²) >= 11 is 0. The smallest absolute Gasteiger partial charge is 0.161 e. The van der Waals surface area contributed by atoms with Crippen LogP contribution in [0, 0.1) is 0 Å². The second kappa shape index (κ2) is 7.36. The first-order valence-corrected chi connectivity index (χ1v) is 6.99. The van der Waals surface area contributed by atoms with E-state index in [-0.39, 0.29) is 0 Å². The van der Waals surface area contributed by atoms with Gasteiger partial charge in [0, 0.05) is 13.0 Å². The van der Waals surface area contributed by atoms with Crippen LogP contribution < -0.4 is 14.8 Å². The fourth-order valence-electron chi connectivity index (χ4n) is 2.07. The normalized spacial score (nSPS) is 14.5. The van der Waals surface area contributed by atoms with Crippen LogP contribution in [0.3, 0.4) is 0 Å². The summed E-state index contributed by atoms with van der Waals surface area (Å²) in [4.78, 5) is 2.20. The molecule has 106 valence electrons. The molecule has 1 aliphatic heterocycles. The van der Waals surface area contributed by atoms with Crippen molar-refractivity contribution in [1.82, 2.24) is 10.2 Å². The Kier molecular flexibility index (Phi) is 5.48. The number of ether oxygens (including phenoxy) is 2. The van der Waals surface area contributed by atoms with Gasteiger partial charge in [-0.1, -0.05) is 6.07 Å². The first-order valence-electron chi connectivity index (χ1n) is 6.99. The van der Waals surface area contributed by atoms with Crippen LogP contribution in [0.5, 0.6) is 11.5 Å². The second-order valence-corrected chi connectivity index (χ2v) is 5.17. The van der Waals surface area contributed by atoms with E-state index >= 15 is 0 Å². The van der Waals surface area contributed by atoms with Gasteiger partial charge in [-0.25, -0.2) is 0 Å². The number of benzene rings is 1. The molecule has 1 heterocycles. The molecule has 0 bridgehead atoms. The van der Waals surface area contributed by atoms with Gasteiger partial charge in [0.25, 0.3) is 0 Å². The molecule has 0 saturated heterocycles. The van der Waals surface area contributed by atoms with E-state index in [1.54, 1.807) is 0 Å². The summed E-state index contributed by atoms with van der Waals surface area (Å²) in [5, 5.41) is 3.46. The molecule has 1 aliphatic rings. The second-order valence-electron chi connectivity index (χ2n) is 5.17. The summed E-state index contributed by atoms with van der Waals surface area (Å²) < 4.78 is 11.3. The van der Waals surface area contributed by atoms with Gasteiger partial charge >= 0.3 is 0 Å². The Labute approximate surface area is 115 Å². The summed E-state index contributed by atoms with van der Waals surface area (Å²) in [5.74, 6) is 1.75. The molecule has 1 aromatic rings. The molecular weight excluding hydrogens is 240 g/mol. The maximum absolute atomic E-state index is 5.69. The minimum atomic E-state index is 0.743. The Hall–Kier alpha value is -1.26. The number of hydrogen-bond donors (Lipinski definition) is 1. The highest BCUT2D eigenvalue weighted by atomic mass is 16.5. The van der Waals surface area contributed by atoms with Crippen LogP contribution in [0.15, 0.2) is 18.2 Å². The predicted octanol–water partition coefficient (Wildman–Crippen LogP) is 1.89. The SMILES string of the molecule is CN(C)CCCNCc1ccc2c(c1)OCCCO2. The number of rotatable bonds is 6. The highest BCUT2D eigenvalue weighted by Gasteiger charge is 2.10. The van der Waals surface area contributed by atoms with Gasteiger partial charge in [-0.2, -0.15) is 0 Å². The van der Waals surface area contributed by atoms with E-state index < -0.39 is 0 Å². The lowest BCUT2D eigenvalue weighted by atomic mass is 10.2. The van der Waals surface area contributed by atoms with E-state index in [4.69, 9.17) is 9.47 Å². The van der Waals surface area contributed by atoms with Crippen LogP contribution in [0.2, 0.25) is 0 Å². The van der Waals surface area contributed by atoms with Crippen LogP contribution in [-0.4, -0.2) is 45.3 Å². The van der Waals surface area contributed by atoms with Crippen LogP contribution in [-0.2, 0) is 6.54 Å². The van der Waals surface area contributed by atoms with Gasteiger partial charge in [-0.3, -0.25) is 0 Å². The van der Waals surface area contributed by atoms with Crippen molar-refractivity contribution in [3.63, 3.8) is 0 Å². The van der Waals surface area contributed by atoms with E-state index in [0.29, 0.717) is 0 Å². The topological polar surface area (TPSA) is 33.7 Å². The molecule has 0 fully saturated rings. The van der Waals surface area contributed by atoms with E-state index in [0.717, 1.165) is 57.2 Å². The number of hydrogen-bond acceptors (Lipinski definition) is 4. The molecule has 19 heavy (non-hydrogen) atoms. The van der Waals surface area contributed by atoms with Gasteiger partial charge in [0.2, 0.25) is 0 Å². The standard InChI is InChI=1S/C15H24N2O2/c1-17(2)8-3-7-16-12-13-5-6-14-15(11-13)19-10-4-9-18-14/h5-6,11,16H,3-4,7-10,12H2,1-2H3. The summed E-state index contributed by atoms with van der Waals surface area (Å²) in [7, 11) is 4.20. The zero-order valence-electron chi connectivity index (χ0n) is 11.9. The molecule has 1 N–H and O–H groups in total. The van der Waals surface area contributed by atoms with Crippen molar-refractivity contribution in [3.8, 4) is 11.5 Å². The lowest BCUT2D eigenvalue weighted by molar-refractivity contribution is 0.297. The van der Waals surface area contributed by atoms with Crippen molar-refractivity contribution in [2.75, 3.05) is 40.4 Å². The molecule has 4 heteroatoms. The Balaban J connectivity index is 1.79. The number of nitrogens with zero attached hydrogens (tertiary/aromatic N) is 1. The molecule has 2 rings (SSSR count). The zero-order valence-corrected chi connectivity index (χ0v) is 11.9. The first-order chi connectivity index (χ1) is 9.25. The molecule has 1 aromatic carbocycles. The minimum absolute atomic E-state index is 0.743. The fourth-order valence-corrected chi connectivity index (χ4v) is 2.07. The third kappa shape index (κ3) is 4.73. The van der Waals surface area contributed by atoms with Gasteiger partial charge < -0.3 is 19.7 Å². The van der Waals surface area contributed by atoms with Crippen molar-refractivity contribution >= 4 is 0 Å². The van der Waals surface area contributed by atoms with Crippen molar-refractivity contribution in [2.24, 2.45) is 0 Å². The molecule has 0 saturated carbocycles. The molecule has 0 spiro atoms. The van der Waals surface area contributed by atoms with Gasteiger partial charge in [-0.05, 0) is 51.3 Å². The summed E-state index contributed by atoms with van der Waals surface area (Å²) in [6.07, 6.45) is 2.12.